The number of hydrogen-bond donors (Lipinski definition) is 1. The number of fused-ring (bicyclic) bond motifs is 1. The molecule has 0 aromatic heterocycles. The largest absolute Gasteiger partial charge is 0.352 e. The van der Waals surface area contributed by atoms with Crippen LogP contribution < -0.4 is 5.32 Å². The molecule has 2 aliphatic rings. The van der Waals surface area contributed by atoms with Crippen molar-refractivity contribution in [1.82, 2.24) is 5.32 Å². The van der Waals surface area contributed by atoms with Crippen molar-refractivity contribution in [2.24, 2.45) is 5.92 Å². The van der Waals surface area contributed by atoms with Crippen LogP contribution in [0.1, 0.15) is 13.3 Å². The number of amides is 1. The maximum Gasteiger partial charge on any atom is 0.224 e. The summed E-state index contributed by atoms with van der Waals surface area (Å²) in [6, 6.07) is 0. The second-order valence-electron chi connectivity index (χ2n) is 3.58. The number of rotatable bonds is 0. The minimum absolute atomic E-state index is 0.131. The molecule has 0 spiro atoms. The van der Waals surface area contributed by atoms with Crippen LogP contribution in [0.4, 0.5) is 0 Å². The summed E-state index contributed by atoms with van der Waals surface area (Å²) in [7, 11) is 0. The molecule has 2 nitrogen and oxygen atoms in total. The van der Waals surface area contributed by atoms with Gasteiger partial charge in [-0.25, -0.2) is 0 Å². The molecule has 1 amide bonds. The summed E-state index contributed by atoms with van der Waals surface area (Å²) in [5.74, 6) is 0.602. The van der Waals surface area contributed by atoms with Crippen molar-refractivity contribution in [3.05, 3.63) is 35.5 Å². The Balaban J connectivity index is 2.30. The van der Waals surface area contributed by atoms with Crippen LogP contribution in [-0.4, -0.2) is 12.5 Å². The van der Waals surface area contributed by atoms with Crippen molar-refractivity contribution in [3.63, 3.8) is 0 Å². The highest BCUT2D eigenvalue weighted by Crippen LogP contribution is 2.22. The zero-order valence-corrected chi connectivity index (χ0v) is 7.71. The lowest BCUT2D eigenvalue weighted by Gasteiger charge is -2.18. The molecule has 68 valence electrons. The molecule has 1 heterocycles. The summed E-state index contributed by atoms with van der Waals surface area (Å²) < 4.78 is 0. The Kier molecular flexibility index (Phi) is 2.05. The van der Waals surface area contributed by atoms with Crippen LogP contribution >= 0.6 is 0 Å². The summed E-state index contributed by atoms with van der Waals surface area (Å²) in [5, 5.41) is 2.85. The Morgan fingerprint density at radius 2 is 2.31 bits per heavy atom. The van der Waals surface area contributed by atoms with Gasteiger partial charge in [0.2, 0.25) is 5.91 Å². The normalized spacial score (nSPS) is 26.8. The Morgan fingerprint density at radius 1 is 1.46 bits per heavy atom. The van der Waals surface area contributed by atoms with Crippen LogP contribution in [0.3, 0.4) is 0 Å². The van der Waals surface area contributed by atoms with Crippen molar-refractivity contribution in [1.29, 1.82) is 0 Å². The van der Waals surface area contributed by atoms with Crippen LogP contribution in [0.2, 0.25) is 0 Å². The average Bonchev–Trinajstić information content (AvgIpc) is 2.25. The van der Waals surface area contributed by atoms with Gasteiger partial charge in [0.15, 0.2) is 0 Å². The van der Waals surface area contributed by atoms with Crippen molar-refractivity contribution in [2.75, 3.05) is 6.54 Å². The van der Waals surface area contributed by atoms with Crippen LogP contribution in [0.25, 0.3) is 0 Å². The van der Waals surface area contributed by atoms with E-state index < -0.39 is 0 Å². The number of piperidine rings is 1. The van der Waals surface area contributed by atoms with Gasteiger partial charge in [0, 0.05) is 6.54 Å². The highest BCUT2D eigenvalue weighted by atomic mass is 16.1. The molecule has 1 saturated heterocycles. The minimum atomic E-state index is 0.131. The van der Waals surface area contributed by atoms with Crippen LogP contribution in [0, 0.1) is 5.92 Å². The van der Waals surface area contributed by atoms with E-state index in [1.54, 1.807) is 0 Å². The molecule has 0 aromatic carbocycles. The van der Waals surface area contributed by atoms with Gasteiger partial charge < -0.3 is 5.32 Å². The highest BCUT2D eigenvalue weighted by Gasteiger charge is 2.17. The van der Waals surface area contributed by atoms with Gasteiger partial charge in [-0.2, -0.15) is 0 Å². The van der Waals surface area contributed by atoms with Gasteiger partial charge >= 0.3 is 0 Å². The first kappa shape index (κ1) is 8.30. The Hall–Kier alpha value is -1.31. The first-order valence-electron chi connectivity index (χ1n) is 4.61. The molecule has 1 unspecified atom stereocenters. The van der Waals surface area contributed by atoms with Crippen LogP contribution in [0.15, 0.2) is 35.5 Å². The number of hydrogen-bond acceptors (Lipinski definition) is 1. The second kappa shape index (κ2) is 3.21. The van der Waals surface area contributed by atoms with Gasteiger partial charge in [-0.15, -0.1) is 0 Å². The predicted molar refractivity (Wildman–Crippen MR) is 52.1 cm³/mol. The first-order valence-corrected chi connectivity index (χ1v) is 4.61. The third-order valence-corrected chi connectivity index (χ3v) is 2.42. The van der Waals surface area contributed by atoms with Gasteiger partial charge in [-0.05, 0) is 17.1 Å². The third-order valence-electron chi connectivity index (χ3n) is 2.42. The van der Waals surface area contributed by atoms with E-state index in [0.717, 1.165) is 0 Å². The topological polar surface area (TPSA) is 29.1 Å². The standard InChI is InChI=1S/C11H13NO/c1-8-3-2-4-9-6-11(13)12-7-10(9)5-8/h2-5,8H,6-7H2,1H3,(H,12,13). The molecule has 0 bridgehead atoms. The van der Waals surface area contributed by atoms with Gasteiger partial charge in [-0.3, -0.25) is 4.79 Å². The molecule has 1 atom stereocenters. The monoisotopic (exact) mass is 175 g/mol. The third kappa shape index (κ3) is 1.72. The SMILES string of the molecule is CC1C=CC=C2CC(=O)NCC2=C1. The molecule has 1 fully saturated rings. The van der Waals surface area contributed by atoms with Crippen LogP contribution in [0.5, 0.6) is 0 Å². The molecule has 1 aliphatic carbocycles. The number of nitrogens with one attached hydrogen (secondary N) is 1. The number of carbonyl (C=O) groups excluding carboxylic acids is 1. The van der Waals surface area contributed by atoms with Crippen molar-refractivity contribution < 1.29 is 4.79 Å². The molecule has 13 heavy (non-hydrogen) atoms. The summed E-state index contributed by atoms with van der Waals surface area (Å²) in [4.78, 5) is 11.1. The van der Waals surface area contributed by atoms with Crippen molar-refractivity contribution in [3.8, 4) is 0 Å². The van der Waals surface area contributed by atoms with E-state index in [2.05, 4.69) is 24.4 Å². The Labute approximate surface area is 78.0 Å². The summed E-state index contributed by atoms with van der Waals surface area (Å²) in [5.41, 5.74) is 2.45. The fraction of sp³-hybridized carbons (Fsp3) is 0.364. The Bertz CT molecular complexity index is 323. The lowest BCUT2D eigenvalue weighted by Crippen LogP contribution is -2.31. The maximum atomic E-state index is 11.1. The second-order valence-corrected chi connectivity index (χ2v) is 3.58. The zero-order valence-electron chi connectivity index (χ0n) is 7.71. The number of allylic oxidation sites excluding steroid dienone is 4. The molecule has 0 saturated carbocycles. The van der Waals surface area contributed by atoms with Crippen LogP contribution in [-0.2, 0) is 4.79 Å². The molecule has 0 radical (unpaired) electrons. The molecule has 1 aliphatic heterocycles. The molecule has 1 N–H and O–H groups in total. The number of carbonyl (C=O) groups is 1. The maximum absolute atomic E-state index is 11.1. The van der Waals surface area contributed by atoms with Gasteiger partial charge in [0.25, 0.3) is 0 Å². The molecule has 2 rings (SSSR count). The fourth-order valence-electron chi connectivity index (χ4n) is 1.71. The molecular formula is C11H13NO. The van der Waals surface area contributed by atoms with E-state index in [4.69, 9.17) is 0 Å². The van der Waals surface area contributed by atoms with Crippen molar-refractivity contribution >= 4 is 5.91 Å². The molecule has 0 aromatic rings. The zero-order chi connectivity index (χ0) is 9.26. The van der Waals surface area contributed by atoms with E-state index in [9.17, 15) is 4.79 Å². The highest BCUT2D eigenvalue weighted by molar-refractivity contribution is 5.82. The molecule has 2 heteroatoms. The lowest BCUT2D eigenvalue weighted by atomic mass is 9.97. The van der Waals surface area contributed by atoms with E-state index in [1.165, 1.54) is 11.1 Å². The van der Waals surface area contributed by atoms with Gasteiger partial charge in [-0.1, -0.05) is 31.2 Å². The minimum Gasteiger partial charge on any atom is -0.352 e. The summed E-state index contributed by atoms with van der Waals surface area (Å²) in [6.07, 6.45) is 8.98. The quantitative estimate of drug-likeness (QED) is 0.595. The smallest absolute Gasteiger partial charge is 0.224 e. The van der Waals surface area contributed by atoms with Gasteiger partial charge in [0.05, 0.1) is 6.42 Å². The molecular weight excluding hydrogens is 162 g/mol. The van der Waals surface area contributed by atoms with E-state index in [0.29, 0.717) is 18.9 Å². The summed E-state index contributed by atoms with van der Waals surface area (Å²) >= 11 is 0. The van der Waals surface area contributed by atoms with E-state index >= 15 is 0 Å². The lowest BCUT2D eigenvalue weighted by molar-refractivity contribution is -0.120. The predicted octanol–water partition coefficient (Wildman–Crippen LogP) is 1.57. The van der Waals surface area contributed by atoms with E-state index in [1.807, 2.05) is 12.2 Å². The van der Waals surface area contributed by atoms with Gasteiger partial charge in [0.1, 0.15) is 0 Å². The van der Waals surface area contributed by atoms with Crippen molar-refractivity contribution in [2.45, 2.75) is 13.3 Å². The summed E-state index contributed by atoms with van der Waals surface area (Å²) in [6.45, 7) is 2.84. The fourth-order valence-corrected chi connectivity index (χ4v) is 1.71. The average molecular weight is 175 g/mol. The Morgan fingerprint density at radius 3 is 3.15 bits per heavy atom. The van der Waals surface area contributed by atoms with E-state index in [-0.39, 0.29) is 5.91 Å². The first-order chi connectivity index (χ1) is 6.25.